The van der Waals surface area contributed by atoms with E-state index in [1.54, 1.807) is 12.2 Å². The molecular weight excluding hydrogens is 282 g/mol. The zero-order chi connectivity index (χ0) is 15.8. The minimum absolute atomic E-state index is 0.0445. The molecule has 0 saturated carbocycles. The van der Waals surface area contributed by atoms with Gasteiger partial charge in [0.1, 0.15) is 0 Å². The van der Waals surface area contributed by atoms with Crippen LogP contribution in [0.15, 0.2) is 72.4 Å². The van der Waals surface area contributed by atoms with Crippen molar-refractivity contribution in [2.75, 3.05) is 0 Å². The number of benzene rings is 2. The van der Waals surface area contributed by atoms with Crippen LogP contribution in [0, 0.1) is 0 Å². The summed E-state index contributed by atoms with van der Waals surface area (Å²) in [6.07, 6.45) is 11.1. The summed E-state index contributed by atoms with van der Waals surface area (Å²) in [6.45, 7) is 3.09. The molecular formula is C21H17NO. The standard InChI is InChI=1S/C21H17NO/c1-2-22-19(14-11-15-9-12-17(23)13-10-15)18-7-3-5-16-6-4-8-20(22)21(16)18/h3-14H,2H2,1H3. The van der Waals surface area contributed by atoms with Crippen molar-refractivity contribution in [2.45, 2.75) is 13.5 Å². The molecule has 0 unspecified atom stereocenters. The molecule has 1 aliphatic carbocycles. The fraction of sp³-hybridized carbons (Fsp3) is 0.0952. The van der Waals surface area contributed by atoms with E-state index in [9.17, 15) is 4.79 Å². The topological polar surface area (TPSA) is 22.0 Å². The van der Waals surface area contributed by atoms with E-state index in [-0.39, 0.29) is 5.78 Å². The molecule has 4 rings (SSSR count). The molecule has 0 saturated heterocycles. The molecule has 0 aliphatic heterocycles. The Bertz CT molecular complexity index is 1040. The monoisotopic (exact) mass is 299 g/mol. The van der Waals surface area contributed by atoms with Crippen LogP contribution in [0.4, 0.5) is 0 Å². The van der Waals surface area contributed by atoms with Crippen LogP contribution in [0.3, 0.4) is 0 Å². The summed E-state index contributed by atoms with van der Waals surface area (Å²) in [5.74, 6) is 0.0445. The van der Waals surface area contributed by atoms with E-state index in [4.69, 9.17) is 0 Å². The van der Waals surface area contributed by atoms with Crippen LogP contribution in [0.25, 0.3) is 27.8 Å². The molecule has 2 nitrogen and oxygen atoms in total. The number of nitrogens with zero attached hydrogens (tertiary/aromatic N) is 1. The van der Waals surface area contributed by atoms with Gasteiger partial charge in [-0.15, -0.1) is 0 Å². The van der Waals surface area contributed by atoms with Gasteiger partial charge in [0, 0.05) is 28.2 Å². The van der Waals surface area contributed by atoms with Crippen molar-refractivity contribution in [1.82, 2.24) is 4.57 Å². The van der Waals surface area contributed by atoms with Crippen molar-refractivity contribution < 1.29 is 4.79 Å². The Balaban J connectivity index is 2.00. The van der Waals surface area contributed by atoms with Gasteiger partial charge in [0.25, 0.3) is 0 Å². The second-order valence-electron chi connectivity index (χ2n) is 5.71. The minimum Gasteiger partial charge on any atom is -0.341 e. The Labute approximate surface area is 134 Å². The minimum atomic E-state index is 0.0445. The van der Waals surface area contributed by atoms with Gasteiger partial charge < -0.3 is 4.57 Å². The Morgan fingerprint density at radius 1 is 0.957 bits per heavy atom. The molecule has 0 atom stereocenters. The first kappa shape index (κ1) is 13.8. The molecule has 23 heavy (non-hydrogen) atoms. The Kier molecular flexibility index (Phi) is 3.23. The lowest BCUT2D eigenvalue weighted by atomic mass is 10.1. The fourth-order valence-corrected chi connectivity index (χ4v) is 3.31. The number of hydrogen-bond donors (Lipinski definition) is 0. The maximum atomic E-state index is 11.2. The second-order valence-corrected chi connectivity index (χ2v) is 5.71. The molecule has 0 amide bonds. The Morgan fingerprint density at radius 2 is 1.70 bits per heavy atom. The molecule has 0 bridgehead atoms. The van der Waals surface area contributed by atoms with Crippen LogP contribution >= 0.6 is 0 Å². The van der Waals surface area contributed by atoms with Gasteiger partial charge >= 0.3 is 0 Å². The maximum Gasteiger partial charge on any atom is 0.178 e. The highest BCUT2D eigenvalue weighted by Gasteiger charge is 2.09. The summed E-state index contributed by atoms with van der Waals surface area (Å²) in [6, 6.07) is 12.9. The fourth-order valence-electron chi connectivity index (χ4n) is 3.31. The van der Waals surface area contributed by atoms with E-state index < -0.39 is 0 Å². The third-order valence-electron chi connectivity index (χ3n) is 4.37. The molecule has 1 aromatic heterocycles. The molecule has 112 valence electrons. The third kappa shape index (κ3) is 2.23. The SMILES string of the molecule is CCn1c(=CC=C2C=CC(=O)C=C2)c2cccc3cccc1c32. The highest BCUT2D eigenvalue weighted by Crippen LogP contribution is 2.25. The average Bonchev–Trinajstić information content (AvgIpc) is 2.90. The molecule has 0 radical (unpaired) electrons. The van der Waals surface area contributed by atoms with Gasteiger partial charge in [-0.05, 0) is 42.2 Å². The quantitative estimate of drug-likeness (QED) is 0.702. The normalized spacial score (nSPS) is 15.3. The molecule has 1 aliphatic rings. The van der Waals surface area contributed by atoms with Crippen molar-refractivity contribution in [2.24, 2.45) is 0 Å². The van der Waals surface area contributed by atoms with Gasteiger partial charge in [-0.3, -0.25) is 4.79 Å². The number of aromatic nitrogens is 1. The zero-order valence-corrected chi connectivity index (χ0v) is 13.0. The van der Waals surface area contributed by atoms with Crippen LogP contribution in [-0.4, -0.2) is 10.4 Å². The summed E-state index contributed by atoms with van der Waals surface area (Å²) < 4.78 is 2.34. The summed E-state index contributed by atoms with van der Waals surface area (Å²) in [5, 5.41) is 5.09. The van der Waals surface area contributed by atoms with Crippen molar-refractivity contribution in [3.63, 3.8) is 0 Å². The van der Waals surface area contributed by atoms with Gasteiger partial charge in [0.2, 0.25) is 0 Å². The first-order chi connectivity index (χ1) is 11.3. The highest BCUT2D eigenvalue weighted by atomic mass is 16.1. The smallest absolute Gasteiger partial charge is 0.178 e. The number of carbonyl (C=O) groups is 1. The zero-order valence-electron chi connectivity index (χ0n) is 13.0. The summed E-state index contributed by atoms with van der Waals surface area (Å²) in [7, 11) is 0. The molecule has 3 aromatic rings. The molecule has 0 spiro atoms. The molecule has 0 N–H and O–H groups in total. The first-order valence-electron chi connectivity index (χ1n) is 7.89. The molecule has 0 fully saturated rings. The lowest BCUT2D eigenvalue weighted by molar-refractivity contribution is -0.110. The summed E-state index contributed by atoms with van der Waals surface area (Å²) in [4.78, 5) is 11.2. The Hall–Kier alpha value is -2.87. The summed E-state index contributed by atoms with van der Waals surface area (Å²) in [5.41, 5.74) is 2.31. The van der Waals surface area contributed by atoms with E-state index in [0.717, 1.165) is 12.1 Å². The predicted molar refractivity (Wildman–Crippen MR) is 96.2 cm³/mol. The molecule has 2 heteroatoms. The predicted octanol–water partition coefficient (Wildman–Crippen LogP) is 3.94. The van der Waals surface area contributed by atoms with Crippen LogP contribution in [-0.2, 0) is 11.3 Å². The Morgan fingerprint density at radius 3 is 2.43 bits per heavy atom. The molecule has 1 heterocycles. The van der Waals surface area contributed by atoms with E-state index in [0.29, 0.717) is 0 Å². The number of rotatable bonds is 2. The van der Waals surface area contributed by atoms with Crippen LogP contribution < -0.4 is 5.35 Å². The second kappa shape index (κ2) is 5.40. The average molecular weight is 299 g/mol. The van der Waals surface area contributed by atoms with Crippen molar-refractivity contribution in [3.8, 4) is 0 Å². The summed E-state index contributed by atoms with van der Waals surface area (Å²) >= 11 is 0. The van der Waals surface area contributed by atoms with E-state index in [2.05, 4.69) is 60.0 Å². The lowest BCUT2D eigenvalue weighted by Crippen LogP contribution is -2.14. The van der Waals surface area contributed by atoms with Crippen molar-refractivity contribution >= 4 is 33.5 Å². The van der Waals surface area contributed by atoms with Crippen LogP contribution in [0.5, 0.6) is 0 Å². The number of hydrogen-bond acceptors (Lipinski definition) is 1. The number of aryl methyl sites for hydroxylation is 1. The largest absolute Gasteiger partial charge is 0.341 e. The number of allylic oxidation sites excluding steroid dienone is 6. The first-order valence-corrected chi connectivity index (χ1v) is 7.89. The lowest BCUT2D eigenvalue weighted by Gasteiger charge is -2.02. The van der Waals surface area contributed by atoms with Crippen LogP contribution in [0.2, 0.25) is 0 Å². The van der Waals surface area contributed by atoms with Gasteiger partial charge in [-0.1, -0.05) is 48.6 Å². The number of ketones is 1. The maximum absolute atomic E-state index is 11.2. The van der Waals surface area contributed by atoms with Gasteiger partial charge in [-0.25, -0.2) is 0 Å². The van der Waals surface area contributed by atoms with Crippen molar-refractivity contribution in [1.29, 1.82) is 0 Å². The highest BCUT2D eigenvalue weighted by molar-refractivity contribution is 6.10. The van der Waals surface area contributed by atoms with Gasteiger partial charge in [0.15, 0.2) is 5.78 Å². The molecule has 2 aromatic carbocycles. The van der Waals surface area contributed by atoms with E-state index in [1.165, 1.54) is 27.0 Å². The van der Waals surface area contributed by atoms with Crippen LogP contribution in [0.1, 0.15) is 6.92 Å². The van der Waals surface area contributed by atoms with E-state index in [1.807, 2.05) is 12.2 Å². The number of carbonyl (C=O) groups excluding carboxylic acids is 1. The van der Waals surface area contributed by atoms with Gasteiger partial charge in [-0.2, -0.15) is 0 Å². The van der Waals surface area contributed by atoms with E-state index >= 15 is 0 Å². The van der Waals surface area contributed by atoms with Crippen molar-refractivity contribution in [3.05, 3.63) is 77.7 Å². The third-order valence-corrected chi connectivity index (χ3v) is 4.37. The van der Waals surface area contributed by atoms with Gasteiger partial charge in [0.05, 0.1) is 0 Å².